The van der Waals surface area contributed by atoms with Crippen molar-refractivity contribution in [2.45, 2.75) is 6.92 Å². The zero-order valence-electron chi connectivity index (χ0n) is 16.4. The minimum Gasteiger partial charge on any atom is -0.493 e. The molecule has 0 atom stereocenters. The topological polar surface area (TPSA) is 60.7 Å². The Kier molecular flexibility index (Phi) is 3.98. The summed E-state index contributed by atoms with van der Waals surface area (Å²) < 4.78 is 13.0. The summed E-state index contributed by atoms with van der Waals surface area (Å²) in [5, 5.41) is 4.39. The van der Waals surface area contributed by atoms with E-state index >= 15 is 0 Å². The zero-order chi connectivity index (χ0) is 20.0. The molecule has 5 rings (SSSR count). The van der Waals surface area contributed by atoms with Gasteiger partial charge in [-0.25, -0.2) is 9.97 Å². The average Bonchev–Trinajstić information content (AvgIpc) is 3.14. The Labute approximate surface area is 167 Å². The third kappa shape index (κ3) is 2.72. The molecule has 1 N–H and O–H groups in total. The highest BCUT2D eigenvalue weighted by Gasteiger charge is 2.17. The van der Waals surface area contributed by atoms with Crippen LogP contribution in [0, 0.1) is 6.92 Å². The number of fused-ring (bicyclic) bond motifs is 5. The van der Waals surface area contributed by atoms with Crippen LogP contribution in [0.2, 0.25) is 0 Å². The largest absolute Gasteiger partial charge is 0.493 e. The standard InChI is InChI=1S/C23H20N4O2/c1-14-8-4-5-9-16(14)25-23-26-18-13-21(29-3)20(28-2)12-15(18)22-24-17-10-6-7-11-19(17)27(22)23/h4-13H,1-3H3,(H,25,26). The first kappa shape index (κ1) is 17.3. The molecule has 2 heterocycles. The molecule has 3 aromatic carbocycles. The molecule has 0 aliphatic heterocycles. The zero-order valence-corrected chi connectivity index (χ0v) is 16.4. The van der Waals surface area contributed by atoms with Gasteiger partial charge in [-0.15, -0.1) is 0 Å². The van der Waals surface area contributed by atoms with Crippen LogP contribution < -0.4 is 14.8 Å². The molecule has 29 heavy (non-hydrogen) atoms. The number of rotatable bonds is 4. The maximum Gasteiger partial charge on any atom is 0.214 e. The van der Waals surface area contributed by atoms with Crippen LogP contribution in [0.5, 0.6) is 11.5 Å². The van der Waals surface area contributed by atoms with E-state index in [0.717, 1.165) is 38.8 Å². The molecule has 0 unspecified atom stereocenters. The third-order valence-electron chi connectivity index (χ3n) is 5.13. The van der Waals surface area contributed by atoms with Gasteiger partial charge in [-0.1, -0.05) is 30.3 Å². The monoisotopic (exact) mass is 384 g/mol. The van der Waals surface area contributed by atoms with Crippen molar-refractivity contribution in [2.24, 2.45) is 0 Å². The van der Waals surface area contributed by atoms with Crippen LogP contribution in [0.1, 0.15) is 5.56 Å². The van der Waals surface area contributed by atoms with Gasteiger partial charge in [0, 0.05) is 17.1 Å². The summed E-state index contributed by atoms with van der Waals surface area (Å²) >= 11 is 0. The molecule has 0 spiro atoms. The van der Waals surface area contributed by atoms with Crippen molar-refractivity contribution in [2.75, 3.05) is 19.5 Å². The second kappa shape index (κ2) is 6.67. The number of anilines is 2. The number of ether oxygens (including phenoxy) is 2. The van der Waals surface area contributed by atoms with E-state index in [1.807, 2.05) is 54.6 Å². The maximum absolute atomic E-state index is 5.50. The summed E-state index contributed by atoms with van der Waals surface area (Å²) in [4.78, 5) is 9.81. The van der Waals surface area contributed by atoms with E-state index in [9.17, 15) is 0 Å². The fourth-order valence-corrected chi connectivity index (χ4v) is 3.64. The lowest BCUT2D eigenvalue weighted by Crippen LogP contribution is -2.04. The van der Waals surface area contributed by atoms with Gasteiger partial charge in [0.05, 0.1) is 30.8 Å². The van der Waals surface area contributed by atoms with Gasteiger partial charge in [-0.3, -0.25) is 4.40 Å². The molecule has 0 saturated heterocycles. The molecule has 144 valence electrons. The summed E-state index contributed by atoms with van der Waals surface area (Å²) in [5.74, 6) is 1.98. The van der Waals surface area contributed by atoms with Gasteiger partial charge in [0.15, 0.2) is 11.5 Å². The van der Waals surface area contributed by atoms with Crippen LogP contribution in [0.3, 0.4) is 0 Å². The first-order valence-corrected chi connectivity index (χ1v) is 9.35. The fraction of sp³-hybridized carbons (Fsp3) is 0.130. The van der Waals surface area contributed by atoms with Gasteiger partial charge in [0.25, 0.3) is 0 Å². The normalized spacial score (nSPS) is 11.3. The van der Waals surface area contributed by atoms with E-state index in [4.69, 9.17) is 19.4 Å². The van der Waals surface area contributed by atoms with Crippen molar-refractivity contribution in [3.05, 3.63) is 66.2 Å². The van der Waals surface area contributed by atoms with E-state index in [2.05, 4.69) is 22.7 Å². The Hall–Kier alpha value is -3.80. The average molecular weight is 384 g/mol. The highest BCUT2D eigenvalue weighted by atomic mass is 16.5. The molecule has 6 heteroatoms. The van der Waals surface area contributed by atoms with E-state index in [0.29, 0.717) is 17.4 Å². The van der Waals surface area contributed by atoms with Crippen LogP contribution in [0.15, 0.2) is 60.7 Å². The van der Waals surface area contributed by atoms with Crippen molar-refractivity contribution in [3.8, 4) is 11.5 Å². The first-order chi connectivity index (χ1) is 14.2. The molecule has 0 amide bonds. The van der Waals surface area contributed by atoms with Crippen molar-refractivity contribution in [3.63, 3.8) is 0 Å². The van der Waals surface area contributed by atoms with Gasteiger partial charge >= 0.3 is 0 Å². The van der Waals surface area contributed by atoms with Crippen molar-refractivity contribution < 1.29 is 9.47 Å². The molecular weight excluding hydrogens is 364 g/mol. The maximum atomic E-state index is 5.50. The molecule has 0 aliphatic rings. The van der Waals surface area contributed by atoms with E-state index < -0.39 is 0 Å². The highest BCUT2D eigenvalue weighted by Crippen LogP contribution is 2.36. The molecular formula is C23H20N4O2. The molecule has 0 saturated carbocycles. The lowest BCUT2D eigenvalue weighted by Gasteiger charge is -2.14. The van der Waals surface area contributed by atoms with Crippen LogP contribution in [-0.4, -0.2) is 28.6 Å². The van der Waals surface area contributed by atoms with Gasteiger partial charge in [-0.05, 0) is 36.8 Å². The third-order valence-corrected chi connectivity index (χ3v) is 5.13. The molecule has 2 aromatic heterocycles. The summed E-state index contributed by atoms with van der Waals surface area (Å²) in [7, 11) is 3.25. The summed E-state index contributed by atoms with van der Waals surface area (Å²) in [5.41, 5.74) is 5.63. The Morgan fingerprint density at radius 3 is 2.34 bits per heavy atom. The van der Waals surface area contributed by atoms with Crippen LogP contribution in [-0.2, 0) is 0 Å². The van der Waals surface area contributed by atoms with Gasteiger partial charge in [-0.2, -0.15) is 0 Å². The van der Waals surface area contributed by atoms with Crippen LogP contribution >= 0.6 is 0 Å². The number of hydrogen-bond acceptors (Lipinski definition) is 5. The van der Waals surface area contributed by atoms with E-state index in [-0.39, 0.29) is 0 Å². The minimum absolute atomic E-state index is 0.634. The molecule has 6 nitrogen and oxygen atoms in total. The number of aromatic nitrogens is 3. The Morgan fingerprint density at radius 2 is 1.55 bits per heavy atom. The Bertz CT molecular complexity index is 1370. The number of nitrogens with one attached hydrogen (secondary N) is 1. The predicted molar refractivity (Wildman–Crippen MR) is 116 cm³/mol. The summed E-state index contributed by atoms with van der Waals surface area (Å²) in [6.45, 7) is 2.07. The van der Waals surface area contributed by atoms with Crippen LogP contribution in [0.25, 0.3) is 27.6 Å². The molecule has 5 aromatic rings. The van der Waals surface area contributed by atoms with Crippen LogP contribution in [0.4, 0.5) is 11.6 Å². The second-order valence-electron chi connectivity index (χ2n) is 6.86. The Balaban J connectivity index is 1.87. The summed E-state index contributed by atoms with van der Waals surface area (Å²) in [6.07, 6.45) is 0. The SMILES string of the molecule is COc1cc2nc(Nc3ccccc3C)n3c4ccccc4nc3c2cc1OC. The van der Waals surface area contributed by atoms with Crippen molar-refractivity contribution in [1.82, 2.24) is 14.4 Å². The fourth-order valence-electron chi connectivity index (χ4n) is 3.64. The molecule has 0 fully saturated rings. The summed E-state index contributed by atoms with van der Waals surface area (Å²) in [6, 6.07) is 20.0. The molecule has 0 bridgehead atoms. The van der Waals surface area contributed by atoms with E-state index in [1.54, 1.807) is 14.2 Å². The predicted octanol–water partition coefficient (Wildman–Crippen LogP) is 5.10. The quantitative estimate of drug-likeness (QED) is 0.467. The van der Waals surface area contributed by atoms with Crippen molar-refractivity contribution in [1.29, 1.82) is 0 Å². The first-order valence-electron chi connectivity index (χ1n) is 9.35. The van der Waals surface area contributed by atoms with E-state index in [1.165, 1.54) is 0 Å². The van der Waals surface area contributed by atoms with Gasteiger partial charge in [0.2, 0.25) is 5.95 Å². The second-order valence-corrected chi connectivity index (χ2v) is 6.86. The number of hydrogen-bond donors (Lipinski definition) is 1. The molecule has 0 aliphatic carbocycles. The smallest absolute Gasteiger partial charge is 0.214 e. The number of methoxy groups -OCH3 is 2. The number of aryl methyl sites for hydroxylation is 1. The van der Waals surface area contributed by atoms with Gasteiger partial charge in [0.1, 0.15) is 5.65 Å². The number of imidazole rings is 1. The number of para-hydroxylation sites is 3. The number of benzene rings is 3. The number of nitrogens with zero attached hydrogens (tertiary/aromatic N) is 3. The Morgan fingerprint density at radius 1 is 0.828 bits per heavy atom. The van der Waals surface area contributed by atoms with Gasteiger partial charge < -0.3 is 14.8 Å². The minimum atomic E-state index is 0.634. The van der Waals surface area contributed by atoms with Crippen molar-refractivity contribution >= 4 is 39.2 Å². The molecule has 0 radical (unpaired) electrons. The lowest BCUT2D eigenvalue weighted by molar-refractivity contribution is 0.356. The lowest BCUT2D eigenvalue weighted by atomic mass is 10.2. The highest BCUT2D eigenvalue weighted by molar-refractivity contribution is 5.99.